The van der Waals surface area contributed by atoms with Crippen LogP contribution in [-0.4, -0.2) is 15.3 Å². The summed E-state index contributed by atoms with van der Waals surface area (Å²) < 4.78 is 2.37. The van der Waals surface area contributed by atoms with Crippen LogP contribution in [0, 0.1) is 28.6 Å². The minimum Gasteiger partial charge on any atom is -0.302 e. The van der Waals surface area contributed by atoms with E-state index in [1.165, 1.54) is 42.5 Å². The number of rotatable bonds is 1. The van der Waals surface area contributed by atoms with Gasteiger partial charge in [0.15, 0.2) is 5.78 Å². The monoisotopic (exact) mass is 386 g/mol. The van der Waals surface area contributed by atoms with Crippen LogP contribution in [-0.2, 0) is 4.79 Å². The first-order valence-electron chi connectivity index (χ1n) is 11.4. The summed E-state index contributed by atoms with van der Waals surface area (Å²) in [5.41, 5.74) is 5.73. The van der Waals surface area contributed by atoms with Gasteiger partial charge in [0.05, 0.1) is 11.0 Å². The van der Waals surface area contributed by atoms with E-state index in [1.807, 2.05) is 12.4 Å². The van der Waals surface area contributed by atoms with Crippen molar-refractivity contribution in [2.24, 2.45) is 28.6 Å². The molecular weight excluding hydrogens is 356 g/mol. The van der Waals surface area contributed by atoms with E-state index in [0.29, 0.717) is 11.7 Å². The lowest BCUT2D eigenvalue weighted by Crippen LogP contribution is -2.50. The summed E-state index contributed by atoms with van der Waals surface area (Å²) in [7, 11) is 0. The molecule has 1 heterocycles. The lowest BCUT2D eigenvalue weighted by molar-refractivity contribution is -0.117. The molecule has 2 saturated carbocycles. The zero-order valence-corrected chi connectivity index (χ0v) is 17.5. The fraction of sp³-hybridized carbons (Fsp3) is 0.538. The number of aromatic nitrogens is 2. The highest BCUT2D eigenvalue weighted by Crippen LogP contribution is 2.66. The molecule has 1 aromatic carbocycles. The quantitative estimate of drug-likeness (QED) is 0.601. The third-order valence-corrected chi connectivity index (χ3v) is 9.21. The average Bonchev–Trinajstić information content (AvgIpc) is 3.29. The largest absolute Gasteiger partial charge is 0.302 e. The summed E-state index contributed by atoms with van der Waals surface area (Å²) in [6.45, 7) is 4.98. The van der Waals surface area contributed by atoms with Crippen molar-refractivity contribution in [3.05, 3.63) is 48.3 Å². The molecule has 150 valence electrons. The molecule has 6 rings (SSSR count). The Labute approximate surface area is 172 Å². The Morgan fingerprint density at radius 2 is 1.90 bits per heavy atom. The van der Waals surface area contributed by atoms with Crippen LogP contribution in [0.1, 0.15) is 58.8 Å². The van der Waals surface area contributed by atoms with Crippen molar-refractivity contribution in [2.75, 3.05) is 0 Å². The minimum absolute atomic E-state index is 0.229. The SMILES string of the molecule is CC12CCC(=O)C=C1CCC1C2CC[C@]2(C)C(n3cnc4ccccc43)=CCC12. The molecule has 4 unspecified atom stereocenters. The number of imidazole rings is 1. The number of para-hydroxylation sites is 2. The minimum atomic E-state index is 0.229. The van der Waals surface area contributed by atoms with E-state index in [0.717, 1.165) is 36.6 Å². The van der Waals surface area contributed by atoms with Gasteiger partial charge in [0.2, 0.25) is 0 Å². The summed E-state index contributed by atoms with van der Waals surface area (Å²) in [4.78, 5) is 16.7. The number of carbonyl (C=O) groups is 1. The van der Waals surface area contributed by atoms with Crippen molar-refractivity contribution in [3.63, 3.8) is 0 Å². The van der Waals surface area contributed by atoms with Crippen molar-refractivity contribution in [3.8, 4) is 0 Å². The molecule has 1 aromatic heterocycles. The highest BCUT2D eigenvalue weighted by atomic mass is 16.1. The third kappa shape index (κ3) is 2.30. The fourth-order valence-electron chi connectivity index (χ4n) is 7.63. The van der Waals surface area contributed by atoms with Crippen LogP contribution in [0.3, 0.4) is 0 Å². The first-order valence-corrected chi connectivity index (χ1v) is 11.4. The maximum Gasteiger partial charge on any atom is 0.155 e. The predicted molar refractivity (Wildman–Crippen MR) is 116 cm³/mol. The van der Waals surface area contributed by atoms with Crippen molar-refractivity contribution < 1.29 is 4.79 Å². The molecule has 4 aliphatic rings. The first-order chi connectivity index (χ1) is 14.0. The summed E-state index contributed by atoms with van der Waals surface area (Å²) in [5, 5.41) is 0. The van der Waals surface area contributed by atoms with Gasteiger partial charge < -0.3 is 4.57 Å². The Hall–Kier alpha value is -2.16. The zero-order valence-electron chi connectivity index (χ0n) is 17.5. The van der Waals surface area contributed by atoms with E-state index >= 15 is 0 Å². The lowest BCUT2D eigenvalue weighted by Gasteiger charge is -2.57. The van der Waals surface area contributed by atoms with Gasteiger partial charge in [0.25, 0.3) is 0 Å². The second-order valence-corrected chi connectivity index (χ2v) is 10.4. The van der Waals surface area contributed by atoms with Crippen LogP contribution >= 0.6 is 0 Å². The molecule has 3 heteroatoms. The van der Waals surface area contributed by atoms with E-state index in [4.69, 9.17) is 0 Å². The van der Waals surface area contributed by atoms with Gasteiger partial charge >= 0.3 is 0 Å². The molecule has 4 aliphatic carbocycles. The van der Waals surface area contributed by atoms with Gasteiger partial charge in [-0.2, -0.15) is 0 Å². The highest BCUT2D eigenvalue weighted by Gasteiger charge is 2.57. The molecule has 2 aromatic rings. The smallest absolute Gasteiger partial charge is 0.155 e. The first kappa shape index (κ1) is 17.7. The molecule has 0 amide bonds. The van der Waals surface area contributed by atoms with Gasteiger partial charge in [-0.05, 0) is 79.9 Å². The van der Waals surface area contributed by atoms with Crippen molar-refractivity contribution in [1.29, 1.82) is 0 Å². The number of allylic oxidation sites excluding steroid dienone is 4. The molecule has 0 saturated heterocycles. The van der Waals surface area contributed by atoms with Gasteiger partial charge in [0.1, 0.15) is 6.33 Å². The van der Waals surface area contributed by atoms with Gasteiger partial charge in [0, 0.05) is 17.5 Å². The van der Waals surface area contributed by atoms with Crippen LogP contribution in [0.4, 0.5) is 0 Å². The van der Waals surface area contributed by atoms with Crippen LogP contribution in [0.25, 0.3) is 16.7 Å². The summed E-state index contributed by atoms with van der Waals surface area (Å²) in [6.07, 6.45) is 14.5. The number of hydrogen-bond donors (Lipinski definition) is 0. The van der Waals surface area contributed by atoms with E-state index in [-0.39, 0.29) is 10.8 Å². The fourth-order valence-corrected chi connectivity index (χ4v) is 7.63. The Balaban J connectivity index is 1.37. The van der Waals surface area contributed by atoms with Crippen molar-refractivity contribution >= 4 is 22.5 Å². The topological polar surface area (TPSA) is 34.9 Å². The Morgan fingerprint density at radius 1 is 1.03 bits per heavy atom. The van der Waals surface area contributed by atoms with Gasteiger partial charge in [-0.3, -0.25) is 4.79 Å². The normalized spacial score (nSPS) is 38.8. The third-order valence-electron chi connectivity index (χ3n) is 9.21. The van der Waals surface area contributed by atoms with Crippen molar-refractivity contribution in [2.45, 2.75) is 58.8 Å². The predicted octanol–water partition coefficient (Wildman–Crippen LogP) is 6.02. The van der Waals surface area contributed by atoms with Crippen LogP contribution in [0.5, 0.6) is 0 Å². The van der Waals surface area contributed by atoms with E-state index < -0.39 is 0 Å². The maximum atomic E-state index is 12.0. The second kappa shape index (κ2) is 5.93. The molecular formula is C26H30N2O. The van der Waals surface area contributed by atoms with Gasteiger partial charge in [-0.25, -0.2) is 4.98 Å². The molecule has 0 N–H and O–H groups in total. The number of benzene rings is 1. The van der Waals surface area contributed by atoms with Crippen LogP contribution in [0.2, 0.25) is 0 Å². The second-order valence-electron chi connectivity index (χ2n) is 10.4. The molecule has 0 bridgehead atoms. The summed E-state index contributed by atoms with van der Waals surface area (Å²) in [6, 6.07) is 8.50. The summed E-state index contributed by atoms with van der Waals surface area (Å²) in [5.74, 6) is 2.58. The lowest BCUT2D eigenvalue weighted by atomic mass is 9.47. The van der Waals surface area contributed by atoms with Crippen molar-refractivity contribution in [1.82, 2.24) is 9.55 Å². The molecule has 0 spiro atoms. The Morgan fingerprint density at radius 3 is 2.79 bits per heavy atom. The van der Waals surface area contributed by atoms with Crippen LogP contribution < -0.4 is 0 Å². The van der Waals surface area contributed by atoms with E-state index in [9.17, 15) is 4.79 Å². The Kier molecular flexibility index (Phi) is 3.62. The molecule has 2 fully saturated rings. The standard InChI is InChI=1S/C26H30N2O/c1-25-13-11-18(29)15-17(25)7-8-19-20-9-10-24(26(20,2)14-12-21(19)25)28-16-27-22-5-3-4-6-23(22)28/h3-6,10,15-16,19-21H,7-9,11-14H2,1-2H3/t19?,20?,21?,25?,26-/m0/s1. The maximum absolute atomic E-state index is 12.0. The zero-order chi connectivity index (χ0) is 19.8. The molecule has 29 heavy (non-hydrogen) atoms. The van der Waals surface area contributed by atoms with Crippen LogP contribution in [0.15, 0.2) is 48.3 Å². The highest BCUT2D eigenvalue weighted by molar-refractivity contribution is 5.91. The molecule has 5 atom stereocenters. The molecule has 3 nitrogen and oxygen atoms in total. The number of fused-ring (bicyclic) bond motifs is 6. The number of ketones is 1. The molecule has 0 aliphatic heterocycles. The Bertz CT molecular complexity index is 1080. The average molecular weight is 387 g/mol. The van der Waals surface area contributed by atoms with Gasteiger partial charge in [-0.15, -0.1) is 0 Å². The van der Waals surface area contributed by atoms with E-state index in [1.54, 1.807) is 0 Å². The molecule has 0 radical (unpaired) electrons. The number of carbonyl (C=O) groups excluding carboxylic acids is 1. The number of nitrogens with zero attached hydrogens (tertiary/aromatic N) is 2. The number of hydrogen-bond acceptors (Lipinski definition) is 2. The van der Waals surface area contributed by atoms with Gasteiger partial charge in [-0.1, -0.05) is 37.6 Å². The van der Waals surface area contributed by atoms with E-state index in [2.05, 4.69) is 53.7 Å². The summed E-state index contributed by atoms with van der Waals surface area (Å²) >= 11 is 0.